The van der Waals surface area contributed by atoms with E-state index in [2.05, 4.69) is 0 Å². The highest BCUT2D eigenvalue weighted by atomic mass is 32.2. The molecule has 4 saturated heterocycles. The van der Waals surface area contributed by atoms with Crippen molar-refractivity contribution >= 4 is 31.9 Å². The maximum absolute atomic E-state index is 13.7. The molecule has 8 unspecified atom stereocenters. The number of unbranched alkanes of at least 4 members (excludes halogenated alkanes) is 1. The maximum atomic E-state index is 13.7. The summed E-state index contributed by atoms with van der Waals surface area (Å²) in [6.07, 6.45) is 3.63. The normalized spacial score (nSPS) is 27.3. The van der Waals surface area contributed by atoms with Gasteiger partial charge in [-0.05, 0) is 61.1 Å². The van der Waals surface area contributed by atoms with Crippen LogP contribution in [0.4, 0.5) is 8.78 Å². The molecule has 2 aromatic carbocycles. The van der Waals surface area contributed by atoms with Gasteiger partial charge in [-0.15, -0.1) is 0 Å². The number of hydrogen-bond acceptors (Lipinski definition) is 10. The molecule has 2 aromatic rings. The van der Waals surface area contributed by atoms with E-state index in [0.29, 0.717) is 62.7 Å². The molecule has 0 spiro atoms. The number of benzene rings is 2. The van der Waals surface area contributed by atoms with E-state index in [1.54, 1.807) is 34.1 Å². The highest BCUT2D eigenvalue weighted by molar-refractivity contribution is 7.88. The molecule has 0 aliphatic carbocycles. The number of amides is 2. The summed E-state index contributed by atoms with van der Waals surface area (Å²) in [5.41, 5.74) is 14.3. The molecular weight excluding hydrogens is 747 g/mol. The number of carbonyl (C=O) groups excluding carboxylic acids is 2. The lowest BCUT2D eigenvalue weighted by Gasteiger charge is -2.31. The van der Waals surface area contributed by atoms with Crippen LogP contribution in [0, 0.1) is 11.6 Å². The summed E-state index contributed by atoms with van der Waals surface area (Å²) in [5, 5.41) is 0. The van der Waals surface area contributed by atoms with Gasteiger partial charge in [-0.2, -0.15) is 8.61 Å². The van der Waals surface area contributed by atoms with Crippen LogP contribution in [-0.2, 0) is 52.3 Å². The number of likely N-dealkylation sites (tertiary alicyclic amines) is 2. The quantitative estimate of drug-likeness (QED) is 0.248. The highest BCUT2D eigenvalue weighted by Gasteiger charge is 2.55. The van der Waals surface area contributed by atoms with Crippen LogP contribution < -0.4 is 11.5 Å². The third-order valence-electron chi connectivity index (χ3n) is 11.1. The van der Waals surface area contributed by atoms with E-state index in [9.17, 15) is 35.2 Å². The van der Waals surface area contributed by atoms with Crippen molar-refractivity contribution in [1.82, 2.24) is 18.4 Å². The molecule has 0 bridgehead atoms. The zero-order chi connectivity index (χ0) is 38.9. The molecule has 4 aliphatic heterocycles. The van der Waals surface area contributed by atoms with E-state index in [-0.39, 0.29) is 49.8 Å². The molecule has 0 radical (unpaired) electrons. The fourth-order valence-electron chi connectivity index (χ4n) is 8.51. The third-order valence-corrected chi connectivity index (χ3v) is 13.7. The zero-order valence-electron chi connectivity index (χ0n) is 30.5. The minimum atomic E-state index is -3.58. The average Bonchev–Trinajstić information content (AvgIpc) is 3.90. The van der Waals surface area contributed by atoms with E-state index in [4.69, 9.17) is 20.9 Å². The first-order valence-electron chi connectivity index (χ1n) is 18.3. The first-order chi connectivity index (χ1) is 25.5. The SMILES string of the molecule is CS(=O)(=O)N1CC(OCc2ccc(F)cc2)C2C1CCN2C(=O)C(N)CCCCC(N)C(=O)N1CCC2C1C(OCc1ccc(F)cc1)CN2S(C)(=O)=O. The van der Waals surface area contributed by atoms with Crippen molar-refractivity contribution in [3.63, 3.8) is 0 Å². The molecule has 4 fully saturated rings. The average molecular weight is 797 g/mol. The summed E-state index contributed by atoms with van der Waals surface area (Å²) in [4.78, 5) is 30.6. The number of hydrogen-bond donors (Lipinski definition) is 2. The van der Waals surface area contributed by atoms with Crippen molar-refractivity contribution in [3.8, 4) is 0 Å². The Morgan fingerprint density at radius 1 is 0.685 bits per heavy atom. The second-order valence-electron chi connectivity index (χ2n) is 14.9. The Labute approximate surface area is 315 Å². The lowest BCUT2D eigenvalue weighted by molar-refractivity contribution is -0.137. The number of nitrogens with zero attached hydrogens (tertiary/aromatic N) is 4. The van der Waals surface area contributed by atoms with Gasteiger partial charge in [0.2, 0.25) is 31.9 Å². The molecule has 6 rings (SSSR count). The number of ether oxygens (including phenoxy) is 2. The van der Waals surface area contributed by atoms with E-state index in [1.165, 1.54) is 32.9 Å². The Morgan fingerprint density at radius 3 is 1.37 bits per heavy atom. The highest BCUT2D eigenvalue weighted by Crippen LogP contribution is 2.37. The van der Waals surface area contributed by atoms with Crippen molar-refractivity contribution in [2.24, 2.45) is 11.5 Å². The van der Waals surface area contributed by atoms with Gasteiger partial charge in [0.1, 0.15) is 11.6 Å². The molecule has 18 heteroatoms. The number of sulfonamides is 2. The summed E-state index contributed by atoms with van der Waals surface area (Å²) >= 11 is 0. The Balaban J connectivity index is 1.02. The van der Waals surface area contributed by atoms with Gasteiger partial charge in [0.05, 0.1) is 62.1 Å². The Bertz CT molecular complexity index is 1740. The Kier molecular flexibility index (Phi) is 12.4. The molecular formula is C36H50F2N6O8S2. The molecule has 14 nitrogen and oxygen atoms in total. The van der Waals surface area contributed by atoms with Crippen LogP contribution in [0.1, 0.15) is 49.7 Å². The van der Waals surface area contributed by atoms with E-state index in [1.807, 2.05) is 0 Å². The first kappa shape index (κ1) is 40.6. The summed E-state index contributed by atoms with van der Waals surface area (Å²) in [6, 6.07) is 8.00. The van der Waals surface area contributed by atoms with Gasteiger partial charge < -0.3 is 30.7 Å². The van der Waals surface area contributed by atoms with Gasteiger partial charge in [0.15, 0.2) is 0 Å². The number of fused-ring (bicyclic) bond motifs is 2. The van der Waals surface area contributed by atoms with E-state index >= 15 is 0 Å². The lowest BCUT2D eigenvalue weighted by atomic mass is 10.0. The van der Waals surface area contributed by atoms with Crippen LogP contribution in [0.25, 0.3) is 0 Å². The first-order valence-corrected chi connectivity index (χ1v) is 22.0. The molecule has 8 atom stereocenters. The number of nitrogens with two attached hydrogens (primary N) is 2. The predicted molar refractivity (Wildman–Crippen MR) is 195 cm³/mol. The van der Waals surface area contributed by atoms with Gasteiger partial charge in [0, 0.05) is 38.3 Å². The number of halogens is 2. The fourth-order valence-corrected chi connectivity index (χ4v) is 10.8. The van der Waals surface area contributed by atoms with Gasteiger partial charge in [-0.1, -0.05) is 37.1 Å². The van der Waals surface area contributed by atoms with Crippen LogP contribution in [0.5, 0.6) is 0 Å². The van der Waals surface area contributed by atoms with Crippen molar-refractivity contribution in [3.05, 3.63) is 71.3 Å². The maximum Gasteiger partial charge on any atom is 0.239 e. The predicted octanol–water partition coefficient (Wildman–Crippen LogP) is 1.14. The smallest absolute Gasteiger partial charge is 0.239 e. The van der Waals surface area contributed by atoms with Crippen LogP contribution in [0.2, 0.25) is 0 Å². The fraction of sp³-hybridized carbons (Fsp3) is 0.611. The third kappa shape index (κ3) is 8.96. The minimum Gasteiger partial charge on any atom is -0.370 e. The van der Waals surface area contributed by atoms with Crippen LogP contribution in [0.15, 0.2) is 48.5 Å². The van der Waals surface area contributed by atoms with Gasteiger partial charge >= 0.3 is 0 Å². The second-order valence-corrected chi connectivity index (χ2v) is 18.7. The largest absolute Gasteiger partial charge is 0.370 e. The van der Waals surface area contributed by atoms with Crippen molar-refractivity contribution in [1.29, 1.82) is 0 Å². The molecule has 4 aliphatic rings. The molecule has 2 amide bonds. The molecule has 4 N–H and O–H groups in total. The molecule has 54 heavy (non-hydrogen) atoms. The van der Waals surface area contributed by atoms with Crippen molar-refractivity contribution in [2.75, 3.05) is 38.7 Å². The van der Waals surface area contributed by atoms with Gasteiger partial charge in [-0.25, -0.2) is 25.6 Å². The summed E-state index contributed by atoms with van der Waals surface area (Å²) in [7, 11) is -7.15. The zero-order valence-corrected chi connectivity index (χ0v) is 32.1. The molecule has 4 heterocycles. The van der Waals surface area contributed by atoms with Crippen molar-refractivity contribution in [2.45, 2.75) is 100 Å². The van der Waals surface area contributed by atoms with Crippen LogP contribution in [0.3, 0.4) is 0 Å². The van der Waals surface area contributed by atoms with Gasteiger partial charge in [-0.3, -0.25) is 9.59 Å². The summed E-state index contributed by atoms with van der Waals surface area (Å²) < 4.78 is 92.4. The minimum absolute atomic E-state index is 0.0896. The standard InChI is InChI=1S/C36H50F2N6O8S2/c1-53(47,48)43-19-31(51-21-23-7-11-25(37)12-8-23)33-29(43)15-17-41(33)35(45)27(39)5-3-4-6-28(40)36(46)42-18-16-30-34(42)32(20-44(30)54(2,49)50)52-22-24-9-13-26(38)14-10-24/h7-14,27-34H,3-6,15-22,39-40H2,1-2H3. The van der Waals surface area contributed by atoms with Gasteiger partial charge in [0.25, 0.3) is 0 Å². The monoisotopic (exact) mass is 796 g/mol. The lowest BCUT2D eigenvalue weighted by Crippen LogP contribution is -2.51. The number of carbonyl (C=O) groups is 2. The molecule has 298 valence electrons. The summed E-state index contributed by atoms with van der Waals surface area (Å²) in [5.74, 6) is -1.37. The van der Waals surface area contributed by atoms with Crippen molar-refractivity contribution < 1.29 is 44.7 Å². The Morgan fingerprint density at radius 2 is 1.04 bits per heavy atom. The topological polar surface area (TPSA) is 186 Å². The van der Waals surface area contributed by atoms with E-state index in [0.717, 1.165) is 12.5 Å². The van der Waals surface area contributed by atoms with Crippen LogP contribution in [-0.4, -0.2) is 134 Å². The summed E-state index contributed by atoms with van der Waals surface area (Å²) in [6.45, 7) is 1.08. The number of rotatable bonds is 15. The molecule has 0 aromatic heterocycles. The molecule has 0 saturated carbocycles. The second kappa shape index (κ2) is 16.6. The Hall–Kier alpha value is -3.10. The van der Waals surface area contributed by atoms with Crippen LogP contribution >= 0.6 is 0 Å². The van der Waals surface area contributed by atoms with E-state index < -0.39 is 68.5 Å².